The Morgan fingerprint density at radius 1 is 1.00 bits per heavy atom. The highest BCUT2D eigenvalue weighted by Crippen LogP contribution is 2.46. The van der Waals surface area contributed by atoms with Crippen molar-refractivity contribution in [3.8, 4) is 28.5 Å². The Bertz CT molecular complexity index is 1070. The SMILES string of the molecule is CNCCN1CCC(c2ccc3[nH]c(-c4ccc(OC)c(OC)c4OC)c(C)c3c2)CC1. The summed E-state index contributed by atoms with van der Waals surface area (Å²) in [6.07, 6.45) is 2.43. The zero-order valence-corrected chi connectivity index (χ0v) is 19.9. The van der Waals surface area contributed by atoms with Crippen molar-refractivity contribution < 1.29 is 14.2 Å². The molecule has 0 saturated carbocycles. The molecular weight excluding hydrogens is 402 g/mol. The van der Waals surface area contributed by atoms with Crippen LogP contribution in [0.15, 0.2) is 30.3 Å². The largest absolute Gasteiger partial charge is 0.493 e. The molecule has 1 aromatic heterocycles. The van der Waals surface area contributed by atoms with Gasteiger partial charge in [-0.25, -0.2) is 0 Å². The molecule has 0 unspecified atom stereocenters. The second-order valence-electron chi connectivity index (χ2n) is 8.53. The van der Waals surface area contributed by atoms with Crippen molar-refractivity contribution in [2.75, 3.05) is 54.6 Å². The van der Waals surface area contributed by atoms with Gasteiger partial charge < -0.3 is 29.4 Å². The smallest absolute Gasteiger partial charge is 0.203 e. The number of methoxy groups -OCH3 is 3. The Balaban J connectivity index is 1.65. The number of H-pyrrole nitrogens is 1. The van der Waals surface area contributed by atoms with Crippen LogP contribution in [0.1, 0.15) is 29.9 Å². The first-order valence-corrected chi connectivity index (χ1v) is 11.4. The van der Waals surface area contributed by atoms with E-state index >= 15 is 0 Å². The van der Waals surface area contributed by atoms with Gasteiger partial charge in [-0.2, -0.15) is 0 Å². The summed E-state index contributed by atoms with van der Waals surface area (Å²) in [6.45, 7) is 6.71. The zero-order valence-electron chi connectivity index (χ0n) is 19.9. The fourth-order valence-electron chi connectivity index (χ4n) is 4.93. The first-order chi connectivity index (χ1) is 15.6. The van der Waals surface area contributed by atoms with E-state index in [0.717, 1.165) is 29.9 Å². The molecule has 2 N–H and O–H groups in total. The summed E-state index contributed by atoms with van der Waals surface area (Å²) in [4.78, 5) is 6.18. The lowest BCUT2D eigenvalue weighted by Crippen LogP contribution is -2.37. The molecule has 1 aliphatic rings. The van der Waals surface area contributed by atoms with Gasteiger partial charge in [0.05, 0.1) is 27.0 Å². The Kier molecular flexibility index (Phi) is 6.92. The van der Waals surface area contributed by atoms with Crippen LogP contribution in [0.3, 0.4) is 0 Å². The van der Waals surface area contributed by atoms with Gasteiger partial charge in [0.15, 0.2) is 11.5 Å². The van der Waals surface area contributed by atoms with E-state index in [1.807, 2.05) is 19.2 Å². The van der Waals surface area contributed by atoms with Gasteiger partial charge in [0, 0.05) is 29.6 Å². The van der Waals surface area contributed by atoms with Gasteiger partial charge >= 0.3 is 0 Å². The third kappa shape index (κ3) is 4.17. The summed E-state index contributed by atoms with van der Waals surface area (Å²) in [7, 11) is 6.96. The predicted octanol–water partition coefficient (Wildman–Crippen LogP) is 4.57. The number of aromatic nitrogens is 1. The molecule has 1 aliphatic heterocycles. The number of benzene rings is 2. The summed E-state index contributed by atoms with van der Waals surface area (Å²) in [5.74, 6) is 2.57. The second-order valence-corrected chi connectivity index (χ2v) is 8.53. The minimum Gasteiger partial charge on any atom is -0.493 e. The van der Waals surface area contributed by atoms with Gasteiger partial charge in [0.1, 0.15) is 0 Å². The topological polar surface area (TPSA) is 58.8 Å². The van der Waals surface area contributed by atoms with Gasteiger partial charge in [-0.1, -0.05) is 6.07 Å². The van der Waals surface area contributed by atoms with Gasteiger partial charge in [-0.05, 0) is 81.2 Å². The number of fused-ring (bicyclic) bond motifs is 1. The van der Waals surface area contributed by atoms with E-state index in [1.54, 1.807) is 21.3 Å². The molecule has 3 aromatic rings. The normalized spacial score (nSPS) is 15.3. The summed E-state index contributed by atoms with van der Waals surface area (Å²) in [5.41, 5.74) is 5.83. The molecule has 1 saturated heterocycles. The second kappa shape index (κ2) is 9.84. The standard InChI is InChI=1S/C26H35N3O3/c1-17-21-16-19(18-10-13-29(14-11-18)15-12-27-2)6-8-22(21)28-24(17)20-7-9-23(30-3)26(32-5)25(20)31-4/h6-9,16,18,27-28H,10-15H2,1-5H3. The molecule has 32 heavy (non-hydrogen) atoms. The molecule has 2 aromatic carbocycles. The van der Waals surface area contributed by atoms with Gasteiger partial charge in [-0.3, -0.25) is 0 Å². The Labute approximate surface area is 190 Å². The van der Waals surface area contributed by atoms with Gasteiger partial charge in [0.2, 0.25) is 5.75 Å². The van der Waals surface area contributed by atoms with Crippen LogP contribution in [-0.4, -0.2) is 64.4 Å². The van der Waals surface area contributed by atoms with E-state index in [4.69, 9.17) is 14.2 Å². The van der Waals surface area contributed by atoms with Crippen molar-refractivity contribution in [2.45, 2.75) is 25.7 Å². The van der Waals surface area contributed by atoms with Crippen LogP contribution in [0.4, 0.5) is 0 Å². The average Bonchev–Trinajstić information content (AvgIpc) is 3.17. The average molecular weight is 438 g/mol. The van der Waals surface area contributed by atoms with Crippen LogP contribution in [-0.2, 0) is 0 Å². The molecule has 0 amide bonds. The van der Waals surface area contributed by atoms with Gasteiger partial charge in [-0.15, -0.1) is 0 Å². The number of aryl methyl sites for hydroxylation is 1. The number of likely N-dealkylation sites (N-methyl/N-ethyl adjacent to an activating group) is 1. The lowest BCUT2D eigenvalue weighted by molar-refractivity contribution is 0.214. The minimum atomic E-state index is 0.608. The fraction of sp³-hybridized carbons (Fsp3) is 0.462. The van der Waals surface area contributed by atoms with Crippen LogP contribution < -0.4 is 19.5 Å². The lowest BCUT2D eigenvalue weighted by atomic mass is 9.88. The van der Waals surface area contributed by atoms with Crippen LogP contribution in [0, 0.1) is 6.92 Å². The first-order valence-electron chi connectivity index (χ1n) is 11.4. The zero-order chi connectivity index (χ0) is 22.7. The molecule has 1 fully saturated rings. The number of aromatic amines is 1. The van der Waals surface area contributed by atoms with Crippen molar-refractivity contribution >= 4 is 10.9 Å². The number of piperidine rings is 1. The lowest BCUT2D eigenvalue weighted by Gasteiger charge is -2.32. The molecule has 0 aliphatic carbocycles. The van der Waals surface area contributed by atoms with Crippen molar-refractivity contribution in [2.24, 2.45) is 0 Å². The Morgan fingerprint density at radius 2 is 1.75 bits per heavy atom. The van der Waals surface area contributed by atoms with Crippen LogP contribution >= 0.6 is 0 Å². The van der Waals surface area contributed by atoms with Crippen LogP contribution in [0.25, 0.3) is 22.2 Å². The molecule has 0 radical (unpaired) electrons. The molecule has 6 heteroatoms. The summed E-state index contributed by atoms with van der Waals surface area (Å²) < 4.78 is 16.8. The Hall–Kier alpha value is -2.70. The third-order valence-corrected chi connectivity index (χ3v) is 6.79. The number of rotatable bonds is 8. The number of hydrogen-bond donors (Lipinski definition) is 2. The summed E-state index contributed by atoms with van der Waals surface area (Å²) in [5, 5.41) is 4.52. The molecule has 172 valence electrons. The fourth-order valence-corrected chi connectivity index (χ4v) is 4.93. The maximum Gasteiger partial charge on any atom is 0.203 e. The molecule has 0 spiro atoms. The Morgan fingerprint density at radius 3 is 2.41 bits per heavy atom. The van der Waals surface area contributed by atoms with Crippen molar-refractivity contribution in [1.82, 2.24) is 15.2 Å². The molecular formula is C26H35N3O3. The van der Waals surface area contributed by atoms with Crippen LogP contribution in [0.2, 0.25) is 0 Å². The monoisotopic (exact) mass is 437 g/mol. The van der Waals surface area contributed by atoms with Crippen molar-refractivity contribution in [3.05, 3.63) is 41.5 Å². The minimum absolute atomic E-state index is 0.608. The highest BCUT2D eigenvalue weighted by atomic mass is 16.5. The predicted molar refractivity (Wildman–Crippen MR) is 130 cm³/mol. The molecule has 6 nitrogen and oxygen atoms in total. The van der Waals surface area contributed by atoms with E-state index < -0.39 is 0 Å². The molecule has 0 atom stereocenters. The van der Waals surface area contributed by atoms with E-state index in [9.17, 15) is 0 Å². The van der Waals surface area contributed by atoms with E-state index in [2.05, 4.69) is 40.3 Å². The maximum absolute atomic E-state index is 5.74. The van der Waals surface area contributed by atoms with Gasteiger partial charge in [0.25, 0.3) is 0 Å². The number of nitrogens with one attached hydrogen (secondary N) is 2. The van der Waals surface area contributed by atoms with E-state index in [0.29, 0.717) is 23.2 Å². The molecule has 2 heterocycles. The number of nitrogens with zero attached hydrogens (tertiary/aromatic N) is 1. The van der Waals surface area contributed by atoms with Crippen LogP contribution in [0.5, 0.6) is 17.2 Å². The summed E-state index contributed by atoms with van der Waals surface area (Å²) >= 11 is 0. The van der Waals surface area contributed by atoms with E-state index in [-0.39, 0.29) is 0 Å². The number of likely N-dealkylation sites (tertiary alicyclic amines) is 1. The quantitative estimate of drug-likeness (QED) is 0.541. The third-order valence-electron chi connectivity index (χ3n) is 6.79. The highest BCUT2D eigenvalue weighted by Gasteiger charge is 2.23. The van der Waals surface area contributed by atoms with Crippen molar-refractivity contribution in [1.29, 1.82) is 0 Å². The summed E-state index contributed by atoms with van der Waals surface area (Å²) in [6, 6.07) is 10.9. The molecule has 4 rings (SSSR count). The highest BCUT2D eigenvalue weighted by molar-refractivity contribution is 5.92. The molecule has 0 bridgehead atoms. The maximum atomic E-state index is 5.74. The number of hydrogen-bond acceptors (Lipinski definition) is 5. The van der Waals surface area contributed by atoms with E-state index in [1.165, 1.54) is 42.4 Å². The first kappa shape index (κ1) is 22.5. The van der Waals surface area contributed by atoms with Crippen molar-refractivity contribution in [3.63, 3.8) is 0 Å². The number of ether oxygens (including phenoxy) is 3.